The van der Waals surface area contributed by atoms with Crippen LogP contribution in [0, 0.1) is 6.92 Å². The van der Waals surface area contributed by atoms with E-state index in [1.54, 1.807) is 18.9 Å². The fourth-order valence-electron chi connectivity index (χ4n) is 2.42. The average Bonchev–Trinajstić information content (AvgIpc) is 2.58. The minimum atomic E-state index is -4.24. The molecular formula is C16H25N3O8S2. The van der Waals surface area contributed by atoms with E-state index in [1.807, 2.05) is 6.92 Å². The third-order valence-electron chi connectivity index (χ3n) is 4.06. The molecule has 0 unspecified atom stereocenters. The zero-order valence-electron chi connectivity index (χ0n) is 16.3. The first kappa shape index (κ1) is 24.8. The van der Waals surface area contributed by atoms with Gasteiger partial charge in [-0.05, 0) is 31.5 Å². The Morgan fingerprint density at radius 3 is 1.90 bits per heavy atom. The fraction of sp³-hybridized carbons (Fsp3) is 0.500. The fourth-order valence-corrected chi connectivity index (χ4v) is 3.14. The van der Waals surface area contributed by atoms with Gasteiger partial charge in [-0.3, -0.25) is 18.7 Å². The molecule has 0 aliphatic heterocycles. The topological polar surface area (TPSA) is 170 Å². The molecule has 0 atom stereocenters. The quantitative estimate of drug-likeness (QED) is 0.348. The van der Waals surface area contributed by atoms with Gasteiger partial charge in [-0.25, -0.2) is 0 Å². The van der Waals surface area contributed by atoms with Crippen molar-refractivity contribution in [3.63, 3.8) is 0 Å². The summed E-state index contributed by atoms with van der Waals surface area (Å²) in [6.45, 7) is 3.46. The smallest absolute Gasteiger partial charge is 0.266 e. The Hall–Kier alpha value is -2.22. The summed E-state index contributed by atoms with van der Waals surface area (Å²) in [4.78, 5) is 26.7. The maximum absolute atomic E-state index is 12.5. The lowest BCUT2D eigenvalue weighted by Crippen LogP contribution is -2.32. The van der Waals surface area contributed by atoms with Gasteiger partial charge in [0, 0.05) is 43.5 Å². The van der Waals surface area contributed by atoms with Gasteiger partial charge in [-0.1, -0.05) is 0 Å². The Balaban J connectivity index is 3.15. The van der Waals surface area contributed by atoms with Crippen molar-refractivity contribution in [3.8, 4) is 0 Å². The van der Waals surface area contributed by atoms with Crippen LogP contribution in [0.3, 0.4) is 0 Å². The Labute approximate surface area is 170 Å². The molecule has 11 nitrogen and oxygen atoms in total. The summed E-state index contributed by atoms with van der Waals surface area (Å²) in [5.74, 6) is -2.60. The molecule has 0 aliphatic carbocycles. The number of hydrogen-bond donors (Lipinski definition) is 4. The summed E-state index contributed by atoms with van der Waals surface area (Å²) >= 11 is 0. The predicted molar refractivity (Wildman–Crippen MR) is 108 cm³/mol. The van der Waals surface area contributed by atoms with Crippen LogP contribution in [-0.4, -0.2) is 75.9 Å². The van der Waals surface area contributed by atoms with Gasteiger partial charge in [0.05, 0.1) is 11.5 Å². The van der Waals surface area contributed by atoms with E-state index in [1.165, 1.54) is 12.1 Å². The second kappa shape index (κ2) is 10.0. The van der Waals surface area contributed by atoms with Crippen molar-refractivity contribution in [2.24, 2.45) is 0 Å². The third kappa shape index (κ3) is 8.35. The molecule has 0 fully saturated rings. The molecule has 29 heavy (non-hydrogen) atoms. The van der Waals surface area contributed by atoms with E-state index in [9.17, 15) is 26.4 Å². The molecule has 0 aromatic heterocycles. The highest BCUT2D eigenvalue weighted by Gasteiger charge is 2.19. The summed E-state index contributed by atoms with van der Waals surface area (Å²) in [5.41, 5.74) is 1.34. The highest BCUT2D eigenvalue weighted by atomic mass is 32.2. The standard InChI is InChI=1S/C16H25N3O8S2/c1-4-19(3)14-10-12(15(20)17-5-7-28(22,23)24)9-13(11(14)2)16(21)18-6-8-29(25,26)27/h9-10H,4-8H2,1-3H3,(H,17,20)(H,18,21)(H,22,23,24)(H,25,26,27). The van der Waals surface area contributed by atoms with Crippen molar-refractivity contribution < 1.29 is 35.5 Å². The summed E-state index contributed by atoms with van der Waals surface area (Å²) < 4.78 is 60.6. The minimum absolute atomic E-state index is 0.0844. The molecule has 0 radical (unpaired) electrons. The van der Waals surface area contributed by atoms with Crippen molar-refractivity contribution >= 4 is 37.7 Å². The van der Waals surface area contributed by atoms with E-state index in [0.29, 0.717) is 17.8 Å². The largest absolute Gasteiger partial charge is 0.375 e. The first-order chi connectivity index (χ1) is 13.2. The van der Waals surface area contributed by atoms with Crippen molar-refractivity contribution in [2.75, 3.05) is 43.1 Å². The van der Waals surface area contributed by atoms with Gasteiger partial charge >= 0.3 is 0 Å². The Morgan fingerprint density at radius 2 is 1.45 bits per heavy atom. The average molecular weight is 452 g/mol. The molecular weight excluding hydrogens is 426 g/mol. The molecule has 0 heterocycles. The number of nitrogens with one attached hydrogen (secondary N) is 2. The number of anilines is 1. The van der Waals surface area contributed by atoms with E-state index in [2.05, 4.69) is 10.6 Å². The van der Waals surface area contributed by atoms with E-state index in [-0.39, 0.29) is 24.2 Å². The van der Waals surface area contributed by atoms with Gasteiger partial charge in [-0.2, -0.15) is 16.8 Å². The van der Waals surface area contributed by atoms with Crippen LogP contribution in [-0.2, 0) is 20.2 Å². The minimum Gasteiger partial charge on any atom is -0.375 e. The normalized spacial score (nSPS) is 11.8. The van der Waals surface area contributed by atoms with Crippen LogP contribution < -0.4 is 15.5 Å². The lowest BCUT2D eigenvalue weighted by atomic mass is 10.0. The van der Waals surface area contributed by atoms with Crippen LogP contribution in [0.4, 0.5) is 5.69 Å². The molecule has 2 amide bonds. The summed E-state index contributed by atoms with van der Waals surface area (Å²) in [6.07, 6.45) is 0. The molecule has 164 valence electrons. The number of nitrogens with zero attached hydrogens (tertiary/aromatic N) is 1. The highest BCUT2D eigenvalue weighted by molar-refractivity contribution is 7.86. The maximum atomic E-state index is 12.5. The second-order valence-corrected chi connectivity index (χ2v) is 9.41. The summed E-state index contributed by atoms with van der Waals surface area (Å²) in [6, 6.07) is 2.84. The first-order valence-corrected chi connectivity index (χ1v) is 11.8. The molecule has 4 N–H and O–H groups in total. The van der Waals surface area contributed by atoms with Gasteiger partial charge in [-0.15, -0.1) is 0 Å². The Bertz CT molecular complexity index is 974. The van der Waals surface area contributed by atoms with Crippen LogP contribution in [0.25, 0.3) is 0 Å². The lowest BCUT2D eigenvalue weighted by Gasteiger charge is -2.22. The van der Waals surface area contributed by atoms with Gasteiger partial charge in [0.15, 0.2) is 0 Å². The van der Waals surface area contributed by atoms with Crippen LogP contribution in [0.2, 0.25) is 0 Å². The molecule has 0 saturated carbocycles. The zero-order valence-corrected chi connectivity index (χ0v) is 17.9. The highest BCUT2D eigenvalue weighted by Crippen LogP contribution is 2.25. The predicted octanol–water partition coefficient (Wildman–Crippen LogP) is -0.314. The Morgan fingerprint density at radius 1 is 0.966 bits per heavy atom. The van der Waals surface area contributed by atoms with Crippen LogP contribution in [0.15, 0.2) is 12.1 Å². The van der Waals surface area contributed by atoms with Gasteiger partial charge in [0.25, 0.3) is 32.1 Å². The van der Waals surface area contributed by atoms with Crippen LogP contribution in [0.1, 0.15) is 33.2 Å². The SMILES string of the molecule is CCN(C)c1cc(C(=O)NCCS(=O)(=O)O)cc(C(=O)NCCS(=O)(=O)O)c1C. The lowest BCUT2D eigenvalue weighted by molar-refractivity contribution is 0.0954. The van der Waals surface area contributed by atoms with E-state index >= 15 is 0 Å². The summed E-state index contributed by atoms with van der Waals surface area (Å²) in [5, 5.41) is 4.72. The molecule has 0 spiro atoms. The van der Waals surface area contributed by atoms with Gasteiger partial charge in [0.1, 0.15) is 0 Å². The van der Waals surface area contributed by atoms with Crippen molar-refractivity contribution in [1.29, 1.82) is 0 Å². The Kier molecular flexibility index (Phi) is 8.56. The van der Waals surface area contributed by atoms with E-state index < -0.39 is 43.6 Å². The third-order valence-corrected chi connectivity index (χ3v) is 5.50. The number of amides is 2. The van der Waals surface area contributed by atoms with Crippen LogP contribution in [0.5, 0.6) is 0 Å². The number of carbonyl (C=O) groups is 2. The summed E-state index contributed by atoms with van der Waals surface area (Å²) in [7, 11) is -6.72. The number of hydrogen-bond acceptors (Lipinski definition) is 7. The first-order valence-electron chi connectivity index (χ1n) is 8.57. The van der Waals surface area contributed by atoms with E-state index in [4.69, 9.17) is 9.11 Å². The van der Waals surface area contributed by atoms with Gasteiger partial charge in [0.2, 0.25) is 0 Å². The molecule has 13 heteroatoms. The van der Waals surface area contributed by atoms with Crippen molar-refractivity contribution in [3.05, 3.63) is 28.8 Å². The van der Waals surface area contributed by atoms with Crippen LogP contribution >= 0.6 is 0 Å². The molecule has 1 rings (SSSR count). The van der Waals surface area contributed by atoms with Gasteiger partial charge < -0.3 is 15.5 Å². The van der Waals surface area contributed by atoms with E-state index in [0.717, 1.165) is 0 Å². The molecule has 0 saturated heterocycles. The van der Waals surface area contributed by atoms with Crippen molar-refractivity contribution in [1.82, 2.24) is 10.6 Å². The molecule has 0 aliphatic rings. The molecule has 1 aromatic rings. The number of benzene rings is 1. The number of rotatable bonds is 10. The van der Waals surface area contributed by atoms with Crippen molar-refractivity contribution in [2.45, 2.75) is 13.8 Å². The monoisotopic (exact) mass is 451 g/mol. The maximum Gasteiger partial charge on any atom is 0.266 e. The number of carbonyl (C=O) groups excluding carboxylic acids is 2. The zero-order chi connectivity index (χ0) is 22.4. The second-order valence-electron chi connectivity index (χ2n) is 6.27. The molecule has 0 bridgehead atoms. The molecule has 1 aromatic carbocycles.